The van der Waals surface area contributed by atoms with E-state index in [-0.39, 0.29) is 17.0 Å². The third-order valence-electron chi connectivity index (χ3n) is 4.89. The van der Waals surface area contributed by atoms with Gasteiger partial charge in [0, 0.05) is 37.4 Å². The molecule has 3 rings (SSSR count). The fourth-order valence-corrected chi connectivity index (χ4v) is 3.31. The van der Waals surface area contributed by atoms with Gasteiger partial charge in [0.2, 0.25) is 0 Å². The lowest BCUT2D eigenvalue weighted by Gasteiger charge is -2.37. The number of nitro groups is 1. The molecule has 1 aliphatic rings. The molecule has 0 bridgehead atoms. The van der Waals surface area contributed by atoms with Crippen molar-refractivity contribution in [2.75, 3.05) is 33.4 Å². The number of hydrogen-bond donors (Lipinski definition) is 2. The Morgan fingerprint density at radius 2 is 2.04 bits per heavy atom. The summed E-state index contributed by atoms with van der Waals surface area (Å²) in [5, 5.41) is 21.3. The van der Waals surface area contributed by atoms with Crippen molar-refractivity contribution in [3.63, 3.8) is 0 Å². The molecule has 27 heavy (non-hydrogen) atoms. The number of benzene rings is 1. The number of piperidine rings is 1. The highest BCUT2D eigenvalue weighted by Crippen LogP contribution is 2.28. The zero-order chi connectivity index (χ0) is 19.3. The topological polar surface area (TPSA) is 111 Å². The van der Waals surface area contributed by atoms with Crippen molar-refractivity contribution < 1.29 is 14.5 Å². The van der Waals surface area contributed by atoms with E-state index in [0.717, 1.165) is 25.9 Å². The van der Waals surface area contributed by atoms with Crippen molar-refractivity contribution in [2.45, 2.75) is 12.8 Å². The smallest absolute Gasteiger partial charge is 0.271 e. The van der Waals surface area contributed by atoms with E-state index in [9.17, 15) is 14.9 Å². The first-order valence-corrected chi connectivity index (χ1v) is 8.81. The number of rotatable bonds is 7. The van der Waals surface area contributed by atoms with Gasteiger partial charge in [0.1, 0.15) is 0 Å². The predicted octanol–water partition coefficient (Wildman–Crippen LogP) is 1.53. The summed E-state index contributed by atoms with van der Waals surface area (Å²) in [6, 6.07) is 7.62. The van der Waals surface area contributed by atoms with Crippen LogP contribution in [-0.2, 0) is 4.74 Å². The summed E-state index contributed by atoms with van der Waals surface area (Å²) in [6.07, 6.45) is 3.54. The number of carbonyl (C=O) groups excluding carboxylic acids is 1. The first-order chi connectivity index (χ1) is 13.0. The molecule has 1 saturated heterocycles. The lowest BCUT2D eigenvalue weighted by atomic mass is 9.79. The Morgan fingerprint density at radius 1 is 1.33 bits per heavy atom. The number of nitro benzene ring substituents is 1. The van der Waals surface area contributed by atoms with Gasteiger partial charge in [0.25, 0.3) is 11.6 Å². The maximum Gasteiger partial charge on any atom is 0.271 e. The maximum absolute atomic E-state index is 12.5. The number of aromatic nitrogens is 2. The van der Waals surface area contributed by atoms with Crippen molar-refractivity contribution in [2.24, 2.45) is 5.41 Å². The standard InChI is InChI=1S/C18H23N5O4/c1-27-13-18(7-9-19-10-8-18)12-20-17(24)16-6-11-22(21-16)14-2-4-15(5-3-14)23(25)26/h2-6,11,19H,7-10,12-13H2,1H3,(H,20,24). The molecule has 0 saturated carbocycles. The third kappa shape index (κ3) is 4.50. The van der Waals surface area contributed by atoms with Crippen LogP contribution in [0.4, 0.5) is 5.69 Å². The monoisotopic (exact) mass is 373 g/mol. The fourth-order valence-electron chi connectivity index (χ4n) is 3.31. The molecule has 0 radical (unpaired) electrons. The largest absolute Gasteiger partial charge is 0.384 e. The molecule has 0 aliphatic carbocycles. The first kappa shape index (κ1) is 19.0. The van der Waals surface area contributed by atoms with Gasteiger partial charge in [0.05, 0.1) is 17.2 Å². The van der Waals surface area contributed by atoms with Crippen LogP contribution in [0, 0.1) is 15.5 Å². The van der Waals surface area contributed by atoms with Crippen LogP contribution in [0.2, 0.25) is 0 Å². The average Bonchev–Trinajstić information content (AvgIpc) is 3.17. The van der Waals surface area contributed by atoms with Gasteiger partial charge in [-0.2, -0.15) is 5.10 Å². The lowest BCUT2D eigenvalue weighted by molar-refractivity contribution is -0.384. The van der Waals surface area contributed by atoms with Gasteiger partial charge in [-0.1, -0.05) is 0 Å². The number of nitrogens with one attached hydrogen (secondary N) is 2. The van der Waals surface area contributed by atoms with Crippen LogP contribution in [0.3, 0.4) is 0 Å². The zero-order valence-corrected chi connectivity index (χ0v) is 15.2. The Bertz CT molecular complexity index is 791. The van der Waals surface area contributed by atoms with Crippen molar-refractivity contribution in [3.05, 3.63) is 52.3 Å². The molecule has 9 nitrogen and oxygen atoms in total. The number of ether oxygens (including phenoxy) is 1. The number of carbonyl (C=O) groups is 1. The highest BCUT2D eigenvalue weighted by atomic mass is 16.6. The van der Waals surface area contributed by atoms with E-state index in [1.165, 1.54) is 16.8 Å². The molecule has 0 unspecified atom stereocenters. The molecule has 1 amide bonds. The minimum Gasteiger partial charge on any atom is -0.384 e. The van der Waals surface area contributed by atoms with E-state index in [4.69, 9.17) is 4.74 Å². The van der Waals surface area contributed by atoms with Gasteiger partial charge in [0.15, 0.2) is 5.69 Å². The van der Waals surface area contributed by atoms with Crippen LogP contribution in [0.15, 0.2) is 36.5 Å². The van der Waals surface area contributed by atoms with Crippen molar-refractivity contribution in [3.8, 4) is 5.69 Å². The summed E-state index contributed by atoms with van der Waals surface area (Å²) in [7, 11) is 1.68. The molecule has 0 atom stereocenters. The molecule has 1 aromatic heterocycles. The van der Waals surface area contributed by atoms with Gasteiger partial charge in [-0.3, -0.25) is 14.9 Å². The average molecular weight is 373 g/mol. The zero-order valence-electron chi connectivity index (χ0n) is 15.2. The molecular formula is C18H23N5O4. The van der Waals surface area contributed by atoms with E-state index >= 15 is 0 Å². The summed E-state index contributed by atoms with van der Waals surface area (Å²) in [4.78, 5) is 22.8. The van der Waals surface area contributed by atoms with E-state index in [1.807, 2.05) is 0 Å². The van der Waals surface area contributed by atoms with Crippen molar-refractivity contribution in [1.29, 1.82) is 0 Å². The highest BCUT2D eigenvalue weighted by Gasteiger charge is 2.32. The Labute approximate surface area is 156 Å². The second-order valence-electron chi connectivity index (χ2n) is 6.78. The molecule has 2 N–H and O–H groups in total. The maximum atomic E-state index is 12.5. The molecule has 1 aliphatic heterocycles. The van der Waals surface area contributed by atoms with Crippen LogP contribution in [0.1, 0.15) is 23.3 Å². The van der Waals surface area contributed by atoms with E-state index < -0.39 is 4.92 Å². The van der Waals surface area contributed by atoms with Gasteiger partial charge >= 0.3 is 0 Å². The van der Waals surface area contributed by atoms with E-state index in [0.29, 0.717) is 24.5 Å². The van der Waals surface area contributed by atoms with Gasteiger partial charge in [-0.05, 0) is 44.1 Å². The molecule has 2 heterocycles. The van der Waals surface area contributed by atoms with E-state index in [1.54, 1.807) is 31.5 Å². The molecule has 144 valence electrons. The molecule has 2 aromatic rings. The minimum absolute atomic E-state index is 0.00860. The summed E-state index contributed by atoms with van der Waals surface area (Å²) in [5.74, 6) is -0.246. The quantitative estimate of drug-likeness (QED) is 0.562. The molecule has 1 fully saturated rings. The minimum atomic E-state index is -0.456. The number of nitrogens with zero attached hydrogens (tertiary/aromatic N) is 3. The SMILES string of the molecule is COCC1(CNC(=O)c2ccn(-c3ccc([N+](=O)[O-])cc3)n2)CCNCC1. The highest BCUT2D eigenvalue weighted by molar-refractivity contribution is 5.92. The Kier molecular flexibility index (Phi) is 5.82. The number of non-ortho nitro benzene ring substituents is 1. The Balaban J connectivity index is 1.65. The fraction of sp³-hybridized carbons (Fsp3) is 0.444. The van der Waals surface area contributed by atoms with Crippen LogP contribution in [-0.4, -0.2) is 54.0 Å². The normalized spacial score (nSPS) is 16.0. The van der Waals surface area contributed by atoms with Crippen LogP contribution >= 0.6 is 0 Å². The predicted molar refractivity (Wildman–Crippen MR) is 99.0 cm³/mol. The number of amides is 1. The molecule has 9 heteroatoms. The summed E-state index contributed by atoms with van der Waals surface area (Å²) in [6.45, 7) is 2.96. The molecular weight excluding hydrogens is 350 g/mol. The van der Waals surface area contributed by atoms with Crippen molar-refractivity contribution >= 4 is 11.6 Å². The Morgan fingerprint density at radius 3 is 2.67 bits per heavy atom. The van der Waals surface area contributed by atoms with Gasteiger partial charge in [-0.25, -0.2) is 4.68 Å². The second-order valence-corrected chi connectivity index (χ2v) is 6.78. The number of hydrogen-bond acceptors (Lipinski definition) is 6. The first-order valence-electron chi connectivity index (χ1n) is 8.81. The Hall–Kier alpha value is -2.78. The van der Waals surface area contributed by atoms with E-state index in [2.05, 4.69) is 15.7 Å². The summed E-state index contributed by atoms with van der Waals surface area (Å²) < 4.78 is 6.89. The van der Waals surface area contributed by atoms with Crippen LogP contribution in [0.25, 0.3) is 5.69 Å². The van der Waals surface area contributed by atoms with Gasteiger partial charge < -0.3 is 15.4 Å². The van der Waals surface area contributed by atoms with Crippen molar-refractivity contribution in [1.82, 2.24) is 20.4 Å². The second kappa shape index (κ2) is 8.28. The summed E-state index contributed by atoms with van der Waals surface area (Å²) >= 11 is 0. The van der Waals surface area contributed by atoms with Gasteiger partial charge in [-0.15, -0.1) is 0 Å². The summed E-state index contributed by atoms with van der Waals surface area (Å²) in [5.41, 5.74) is 0.898. The molecule has 1 aromatic carbocycles. The number of methoxy groups -OCH3 is 1. The third-order valence-corrected chi connectivity index (χ3v) is 4.89. The van der Waals surface area contributed by atoms with Crippen LogP contribution < -0.4 is 10.6 Å². The lowest BCUT2D eigenvalue weighted by Crippen LogP contribution is -2.47. The molecule has 0 spiro atoms. The van der Waals surface area contributed by atoms with Crippen LogP contribution in [0.5, 0.6) is 0 Å².